The minimum atomic E-state index is -0.183. The Labute approximate surface area is 229 Å². The molecule has 0 spiro atoms. The van der Waals surface area contributed by atoms with E-state index in [0.29, 0.717) is 19.4 Å². The number of benzene rings is 3. The third-order valence-corrected chi connectivity index (χ3v) is 8.03. The van der Waals surface area contributed by atoms with Crippen molar-refractivity contribution >= 4 is 34.9 Å². The average molecular weight is 530 g/mol. The molecule has 0 radical (unpaired) electrons. The maximum Gasteiger partial charge on any atom is 0.310 e. The van der Waals surface area contributed by atoms with Gasteiger partial charge in [0, 0.05) is 30.8 Å². The van der Waals surface area contributed by atoms with Crippen molar-refractivity contribution in [2.45, 2.75) is 38.9 Å². The molecule has 0 N–H and O–H groups in total. The highest BCUT2D eigenvalue weighted by Crippen LogP contribution is 2.41. The standard InChI is InChI=1S/C32H35NO4S/c1-5-37-31(34)20-29-28-12-7-6-11-25(28)19-30(29)38-21-24-10-8-9-23(18-24)17-22(2)32(35)33(3)26-13-15-27(36-4)16-14-26/h6-16,18,22H,5,17,19-21H2,1-4H3/t22-/m0/s1. The van der Waals surface area contributed by atoms with Gasteiger partial charge >= 0.3 is 5.97 Å². The molecule has 0 saturated heterocycles. The van der Waals surface area contributed by atoms with E-state index < -0.39 is 0 Å². The number of esters is 1. The molecule has 1 aliphatic carbocycles. The van der Waals surface area contributed by atoms with Crippen molar-refractivity contribution in [3.05, 3.63) is 100.0 Å². The molecule has 0 aromatic heterocycles. The van der Waals surface area contributed by atoms with Gasteiger partial charge in [0.25, 0.3) is 0 Å². The van der Waals surface area contributed by atoms with Gasteiger partial charge in [-0.25, -0.2) is 0 Å². The van der Waals surface area contributed by atoms with Crippen LogP contribution in [0.25, 0.3) is 5.57 Å². The lowest BCUT2D eigenvalue weighted by Gasteiger charge is -2.22. The lowest BCUT2D eigenvalue weighted by molar-refractivity contribution is -0.141. The second-order valence-corrected chi connectivity index (χ2v) is 10.6. The molecule has 198 valence electrons. The summed E-state index contributed by atoms with van der Waals surface area (Å²) in [6.45, 7) is 4.20. The summed E-state index contributed by atoms with van der Waals surface area (Å²) in [7, 11) is 3.44. The third kappa shape index (κ3) is 6.67. The van der Waals surface area contributed by atoms with Gasteiger partial charge in [-0.2, -0.15) is 0 Å². The molecule has 38 heavy (non-hydrogen) atoms. The Morgan fingerprint density at radius 3 is 2.47 bits per heavy atom. The Morgan fingerprint density at radius 1 is 1.00 bits per heavy atom. The number of amides is 1. The minimum Gasteiger partial charge on any atom is -0.497 e. The number of allylic oxidation sites excluding steroid dienone is 1. The predicted molar refractivity (Wildman–Crippen MR) is 155 cm³/mol. The molecule has 1 aliphatic rings. The van der Waals surface area contributed by atoms with Gasteiger partial charge in [-0.05, 0) is 70.3 Å². The zero-order valence-electron chi connectivity index (χ0n) is 22.5. The van der Waals surface area contributed by atoms with Crippen molar-refractivity contribution in [3.8, 4) is 5.75 Å². The maximum atomic E-state index is 13.1. The fourth-order valence-electron chi connectivity index (χ4n) is 4.81. The molecule has 0 bridgehead atoms. The first-order valence-electron chi connectivity index (χ1n) is 13.0. The lowest BCUT2D eigenvalue weighted by Crippen LogP contribution is -2.32. The number of anilines is 1. The Bertz CT molecular complexity index is 1320. The summed E-state index contributed by atoms with van der Waals surface area (Å²) in [4.78, 5) is 28.3. The van der Waals surface area contributed by atoms with Gasteiger partial charge in [0.1, 0.15) is 5.75 Å². The average Bonchev–Trinajstić information content (AvgIpc) is 3.28. The molecule has 4 rings (SSSR count). The first-order valence-corrected chi connectivity index (χ1v) is 14.0. The number of hydrogen-bond acceptors (Lipinski definition) is 5. The van der Waals surface area contributed by atoms with E-state index in [-0.39, 0.29) is 17.8 Å². The van der Waals surface area contributed by atoms with Crippen LogP contribution in [-0.4, -0.2) is 32.6 Å². The molecule has 3 aromatic rings. The molecule has 3 aromatic carbocycles. The number of nitrogens with zero attached hydrogens (tertiary/aromatic N) is 1. The third-order valence-electron chi connectivity index (χ3n) is 6.81. The van der Waals surface area contributed by atoms with Crippen LogP contribution in [0.2, 0.25) is 0 Å². The zero-order chi connectivity index (χ0) is 27.1. The highest BCUT2D eigenvalue weighted by Gasteiger charge is 2.24. The van der Waals surface area contributed by atoms with Crippen LogP contribution in [0.15, 0.2) is 77.7 Å². The molecule has 0 saturated carbocycles. The molecule has 0 heterocycles. The zero-order valence-corrected chi connectivity index (χ0v) is 23.3. The van der Waals surface area contributed by atoms with Crippen LogP contribution in [0.5, 0.6) is 5.75 Å². The molecule has 0 unspecified atom stereocenters. The molecule has 0 fully saturated rings. The largest absolute Gasteiger partial charge is 0.497 e. The van der Waals surface area contributed by atoms with Crippen molar-refractivity contribution in [1.29, 1.82) is 0 Å². The predicted octanol–water partition coefficient (Wildman–Crippen LogP) is 6.69. The van der Waals surface area contributed by atoms with Crippen molar-refractivity contribution in [1.82, 2.24) is 0 Å². The molecule has 1 amide bonds. The van der Waals surface area contributed by atoms with Crippen LogP contribution < -0.4 is 9.64 Å². The van der Waals surface area contributed by atoms with Gasteiger partial charge in [-0.15, -0.1) is 11.8 Å². The Kier molecular flexibility index (Phi) is 9.29. The summed E-state index contributed by atoms with van der Waals surface area (Å²) in [6.07, 6.45) is 1.81. The van der Waals surface area contributed by atoms with E-state index in [2.05, 4.69) is 36.4 Å². The Morgan fingerprint density at radius 2 is 1.74 bits per heavy atom. The molecule has 5 nitrogen and oxygen atoms in total. The van der Waals surface area contributed by atoms with Crippen LogP contribution in [0.3, 0.4) is 0 Å². The van der Waals surface area contributed by atoms with Gasteiger partial charge in [-0.3, -0.25) is 9.59 Å². The number of carbonyl (C=O) groups excluding carboxylic acids is 2. The fraction of sp³-hybridized carbons (Fsp3) is 0.312. The summed E-state index contributed by atoms with van der Waals surface area (Å²) < 4.78 is 10.5. The monoisotopic (exact) mass is 529 g/mol. The minimum absolute atomic E-state index is 0.0763. The van der Waals surface area contributed by atoms with Crippen LogP contribution in [0.1, 0.15) is 42.5 Å². The van der Waals surface area contributed by atoms with E-state index in [1.165, 1.54) is 16.0 Å². The highest BCUT2D eigenvalue weighted by molar-refractivity contribution is 8.02. The molecule has 6 heteroatoms. The number of methoxy groups -OCH3 is 1. The topological polar surface area (TPSA) is 55.8 Å². The number of ether oxygens (including phenoxy) is 2. The quantitative estimate of drug-likeness (QED) is 0.259. The van der Waals surface area contributed by atoms with E-state index in [4.69, 9.17) is 9.47 Å². The van der Waals surface area contributed by atoms with Crippen LogP contribution in [-0.2, 0) is 32.9 Å². The highest BCUT2D eigenvalue weighted by atomic mass is 32.2. The normalized spacial score (nSPS) is 13.2. The summed E-state index contributed by atoms with van der Waals surface area (Å²) in [5.41, 5.74) is 6.69. The van der Waals surface area contributed by atoms with Gasteiger partial charge in [0.15, 0.2) is 0 Å². The van der Waals surface area contributed by atoms with Crippen molar-refractivity contribution in [2.75, 3.05) is 25.7 Å². The number of hydrogen-bond donors (Lipinski definition) is 0. The fourth-order valence-corrected chi connectivity index (χ4v) is 5.94. The summed E-state index contributed by atoms with van der Waals surface area (Å²) >= 11 is 1.79. The SMILES string of the molecule is CCOC(=O)CC1=C(SCc2cccc(C[C@H](C)C(=O)N(C)c3ccc(OC)cc3)c2)Cc2ccccc21. The van der Waals surface area contributed by atoms with E-state index in [1.807, 2.05) is 57.3 Å². The van der Waals surface area contributed by atoms with E-state index in [9.17, 15) is 9.59 Å². The second-order valence-electron chi connectivity index (χ2n) is 9.53. The van der Waals surface area contributed by atoms with E-state index >= 15 is 0 Å². The first kappa shape index (κ1) is 27.5. The smallest absolute Gasteiger partial charge is 0.310 e. The van der Waals surface area contributed by atoms with Crippen molar-refractivity contribution in [2.24, 2.45) is 5.92 Å². The van der Waals surface area contributed by atoms with E-state index in [1.54, 1.807) is 23.8 Å². The Hall–Kier alpha value is -3.51. The Balaban J connectivity index is 1.41. The number of fused-ring (bicyclic) bond motifs is 1. The summed E-state index contributed by atoms with van der Waals surface area (Å²) in [6, 6.07) is 24.3. The van der Waals surface area contributed by atoms with Gasteiger partial charge in [-0.1, -0.05) is 55.5 Å². The molecular weight excluding hydrogens is 494 g/mol. The molecule has 1 atom stereocenters. The van der Waals surface area contributed by atoms with Gasteiger partial charge in [0.05, 0.1) is 20.1 Å². The number of rotatable bonds is 11. The number of thioether (sulfide) groups is 1. The summed E-state index contributed by atoms with van der Waals surface area (Å²) in [5, 5.41) is 0. The van der Waals surface area contributed by atoms with Crippen molar-refractivity contribution in [3.63, 3.8) is 0 Å². The first-order chi connectivity index (χ1) is 18.4. The van der Waals surface area contributed by atoms with Crippen LogP contribution in [0, 0.1) is 5.92 Å². The van der Waals surface area contributed by atoms with Gasteiger partial charge in [0.2, 0.25) is 5.91 Å². The van der Waals surface area contributed by atoms with Crippen LogP contribution in [0.4, 0.5) is 5.69 Å². The van der Waals surface area contributed by atoms with E-state index in [0.717, 1.165) is 40.3 Å². The van der Waals surface area contributed by atoms with Crippen LogP contribution >= 0.6 is 11.8 Å². The molecule has 0 aliphatic heterocycles. The van der Waals surface area contributed by atoms with Crippen molar-refractivity contribution < 1.29 is 19.1 Å². The van der Waals surface area contributed by atoms with Gasteiger partial charge < -0.3 is 14.4 Å². The summed E-state index contributed by atoms with van der Waals surface area (Å²) in [5.74, 6) is 1.30. The molecular formula is C32H35NO4S. The maximum absolute atomic E-state index is 13.1. The second kappa shape index (κ2) is 12.8. The lowest BCUT2D eigenvalue weighted by atomic mass is 9.98. The number of carbonyl (C=O) groups is 2.